The zero-order valence-electron chi connectivity index (χ0n) is 23.5. The summed E-state index contributed by atoms with van der Waals surface area (Å²) in [6.07, 6.45) is -0.230. The van der Waals surface area contributed by atoms with Gasteiger partial charge in [-0.3, -0.25) is 19.2 Å². The number of aromatic nitrogens is 1. The third-order valence-corrected chi connectivity index (χ3v) is 7.21. The number of fused-ring (bicyclic) bond motifs is 1. The summed E-state index contributed by atoms with van der Waals surface area (Å²) in [5, 5.41) is 12.5. The van der Waals surface area contributed by atoms with Crippen LogP contribution in [0.1, 0.15) is 36.7 Å². The van der Waals surface area contributed by atoms with Crippen molar-refractivity contribution in [2.24, 2.45) is 5.73 Å². The lowest BCUT2D eigenvalue weighted by Gasteiger charge is -2.35. The van der Waals surface area contributed by atoms with Gasteiger partial charge < -0.3 is 40.3 Å². The molecule has 2 aromatic rings. The number of nitrogens with one attached hydrogen (secondary N) is 1. The summed E-state index contributed by atoms with van der Waals surface area (Å²) < 4.78 is 10.9. The number of aliphatic carboxylic acids is 1. The monoisotopic (exact) mass is 584 g/mol. The Kier molecular flexibility index (Phi) is 10.1. The first kappa shape index (κ1) is 30.5. The highest BCUT2D eigenvalue weighted by Gasteiger charge is 2.31. The third kappa shape index (κ3) is 7.63. The van der Waals surface area contributed by atoms with E-state index in [4.69, 9.17) is 15.2 Å². The average Bonchev–Trinajstić information content (AvgIpc) is 3.43. The van der Waals surface area contributed by atoms with Gasteiger partial charge >= 0.3 is 12.1 Å². The Morgan fingerprint density at radius 2 is 1.79 bits per heavy atom. The second-order valence-electron chi connectivity index (χ2n) is 10.2. The molecular weight excluding hydrogens is 548 g/mol. The number of likely N-dealkylation sites (tertiary alicyclic amines) is 1. The van der Waals surface area contributed by atoms with Crippen molar-refractivity contribution in [2.45, 2.75) is 38.3 Å². The predicted octanol–water partition coefficient (Wildman–Crippen LogP) is 0.437. The number of hydrogen-bond acceptors (Lipinski definition) is 9. The molecule has 2 aliphatic rings. The summed E-state index contributed by atoms with van der Waals surface area (Å²) in [4.78, 5) is 71.7. The summed E-state index contributed by atoms with van der Waals surface area (Å²) in [7, 11) is 0. The van der Waals surface area contributed by atoms with Crippen LogP contribution in [0.25, 0.3) is 10.9 Å². The number of amides is 4. The molecule has 2 atom stereocenters. The molecule has 14 nitrogen and oxygen atoms in total. The number of nitrogens with two attached hydrogens (primary N) is 1. The van der Waals surface area contributed by atoms with Gasteiger partial charge in [0.2, 0.25) is 5.91 Å². The lowest BCUT2D eigenvalue weighted by Crippen LogP contribution is -2.56. The van der Waals surface area contributed by atoms with Crippen LogP contribution in [0.15, 0.2) is 30.3 Å². The minimum Gasteiger partial charge on any atom is -0.483 e. The highest BCUT2D eigenvalue weighted by Crippen LogP contribution is 2.26. The van der Waals surface area contributed by atoms with Crippen molar-refractivity contribution in [1.82, 2.24) is 25.0 Å². The van der Waals surface area contributed by atoms with Crippen molar-refractivity contribution in [2.75, 3.05) is 52.5 Å². The molecule has 2 aliphatic heterocycles. The highest BCUT2D eigenvalue weighted by molar-refractivity contribution is 5.99. The van der Waals surface area contributed by atoms with E-state index in [9.17, 15) is 29.1 Å². The van der Waals surface area contributed by atoms with E-state index in [1.165, 1.54) is 15.9 Å². The second-order valence-corrected chi connectivity index (χ2v) is 10.2. The number of nitrogens with zero attached hydrogens (tertiary/aromatic N) is 4. The number of pyridine rings is 1. The number of ether oxygens (including phenoxy) is 2. The quantitative estimate of drug-likeness (QED) is 0.354. The van der Waals surface area contributed by atoms with Crippen LogP contribution in [0.4, 0.5) is 4.79 Å². The molecule has 0 saturated carbocycles. The van der Waals surface area contributed by atoms with Crippen molar-refractivity contribution < 1.29 is 38.6 Å². The molecule has 2 saturated heterocycles. The fourth-order valence-electron chi connectivity index (χ4n) is 4.93. The average molecular weight is 585 g/mol. The maximum atomic E-state index is 13.4. The molecular formula is C28H36N6O8. The van der Waals surface area contributed by atoms with Gasteiger partial charge in [-0.15, -0.1) is 0 Å². The maximum Gasteiger partial charge on any atom is 0.409 e. The van der Waals surface area contributed by atoms with Crippen molar-refractivity contribution in [3.63, 3.8) is 0 Å². The first-order valence-electron chi connectivity index (χ1n) is 13.9. The number of hydrogen-bond donors (Lipinski definition) is 3. The molecule has 0 aliphatic carbocycles. The number of rotatable bonds is 10. The van der Waals surface area contributed by atoms with Crippen LogP contribution in [-0.4, -0.2) is 119 Å². The van der Waals surface area contributed by atoms with Crippen LogP contribution >= 0.6 is 0 Å². The fraction of sp³-hybridized carbons (Fsp3) is 0.500. The standard InChI is InChI=1S/C28H36N6O8/c1-2-41-28(40)33-13-11-32(12-14-33)27(39)21(7-8-25(36)37)31-26(38)22-15-23(19-5-3-4-6-20(19)30-22)42-17-24(35)34-10-9-18(29)16-34/h3-6,15,18,21H,2,7-14,16-17,29H2,1H3,(H,31,38)(H,36,37)/t18-,21-/m0/s1. The number of carboxylic acid groups (broad SMARTS) is 1. The Morgan fingerprint density at radius 1 is 1.07 bits per heavy atom. The molecule has 4 rings (SSSR count). The largest absolute Gasteiger partial charge is 0.483 e. The molecule has 14 heteroatoms. The molecule has 2 fully saturated rings. The Morgan fingerprint density at radius 3 is 2.45 bits per heavy atom. The fourth-order valence-corrected chi connectivity index (χ4v) is 4.93. The maximum absolute atomic E-state index is 13.4. The van der Waals surface area contributed by atoms with Gasteiger partial charge in [0.05, 0.1) is 12.1 Å². The number of carbonyl (C=O) groups is 5. The van der Waals surface area contributed by atoms with Crippen molar-refractivity contribution in [1.29, 1.82) is 0 Å². The van der Waals surface area contributed by atoms with E-state index in [1.54, 1.807) is 36.1 Å². The highest BCUT2D eigenvalue weighted by atomic mass is 16.6. The summed E-state index contributed by atoms with van der Waals surface area (Å²) in [5.41, 5.74) is 6.29. The van der Waals surface area contributed by atoms with E-state index >= 15 is 0 Å². The van der Waals surface area contributed by atoms with Gasteiger partial charge in [-0.1, -0.05) is 12.1 Å². The molecule has 0 spiro atoms. The Bertz CT molecular complexity index is 1330. The number of piperazine rings is 1. The van der Waals surface area contributed by atoms with Crippen LogP contribution in [0.5, 0.6) is 5.75 Å². The lowest BCUT2D eigenvalue weighted by atomic mass is 10.1. The molecule has 226 valence electrons. The SMILES string of the molecule is CCOC(=O)N1CCN(C(=O)[C@H](CCC(=O)O)NC(=O)c2cc(OCC(=O)N3CC[C@H](N)C3)c3ccccc3n2)CC1. The van der Waals surface area contributed by atoms with Crippen LogP contribution in [0.2, 0.25) is 0 Å². The molecule has 0 bridgehead atoms. The second kappa shape index (κ2) is 13.9. The van der Waals surface area contributed by atoms with Gasteiger partial charge in [0.15, 0.2) is 6.61 Å². The summed E-state index contributed by atoms with van der Waals surface area (Å²) >= 11 is 0. The van der Waals surface area contributed by atoms with Crippen molar-refractivity contribution >= 4 is 40.7 Å². The molecule has 0 radical (unpaired) electrons. The van der Waals surface area contributed by atoms with Crippen LogP contribution in [0, 0.1) is 0 Å². The molecule has 4 amide bonds. The van der Waals surface area contributed by atoms with E-state index in [1.807, 2.05) is 0 Å². The zero-order chi connectivity index (χ0) is 30.2. The Balaban J connectivity index is 1.48. The molecule has 42 heavy (non-hydrogen) atoms. The first-order chi connectivity index (χ1) is 20.2. The molecule has 1 aromatic heterocycles. The van der Waals surface area contributed by atoms with Gasteiger partial charge in [0, 0.05) is 63.2 Å². The molecule has 4 N–H and O–H groups in total. The summed E-state index contributed by atoms with van der Waals surface area (Å²) in [6, 6.07) is 7.16. The minimum absolute atomic E-state index is 0.0559. The molecule has 3 heterocycles. The first-order valence-corrected chi connectivity index (χ1v) is 13.9. The normalized spacial score (nSPS) is 17.6. The van der Waals surface area contributed by atoms with E-state index in [0.29, 0.717) is 24.0 Å². The van der Waals surface area contributed by atoms with E-state index in [2.05, 4.69) is 10.3 Å². The predicted molar refractivity (Wildman–Crippen MR) is 150 cm³/mol. The van der Waals surface area contributed by atoms with Gasteiger partial charge in [-0.05, 0) is 31.9 Å². The number of carboxylic acids is 1. The molecule has 1 aromatic carbocycles. The minimum atomic E-state index is -1.14. The zero-order valence-corrected chi connectivity index (χ0v) is 23.5. The summed E-state index contributed by atoms with van der Waals surface area (Å²) in [6.45, 7) is 3.61. The van der Waals surface area contributed by atoms with E-state index in [0.717, 1.165) is 6.42 Å². The van der Waals surface area contributed by atoms with E-state index < -0.39 is 29.9 Å². The number of para-hydroxylation sites is 1. The Hall–Kier alpha value is -4.46. The van der Waals surface area contributed by atoms with Crippen molar-refractivity contribution in [3.8, 4) is 5.75 Å². The molecule has 0 unspecified atom stereocenters. The number of benzene rings is 1. The van der Waals surface area contributed by atoms with Gasteiger partial charge in [0.25, 0.3) is 11.8 Å². The topological polar surface area (TPSA) is 185 Å². The van der Waals surface area contributed by atoms with Gasteiger partial charge in [0.1, 0.15) is 17.5 Å². The van der Waals surface area contributed by atoms with Crippen molar-refractivity contribution in [3.05, 3.63) is 36.0 Å². The smallest absolute Gasteiger partial charge is 0.409 e. The van der Waals surface area contributed by atoms with E-state index in [-0.39, 0.29) is 75.6 Å². The number of carbonyl (C=O) groups excluding carboxylic acids is 4. The Labute approximate surface area is 242 Å². The van der Waals surface area contributed by atoms with Gasteiger partial charge in [-0.25, -0.2) is 9.78 Å². The summed E-state index contributed by atoms with van der Waals surface area (Å²) in [5.74, 6) is -2.23. The lowest BCUT2D eigenvalue weighted by molar-refractivity contribution is -0.138. The van der Waals surface area contributed by atoms with Crippen LogP contribution < -0.4 is 15.8 Å². The van der Waals surface area contributed by atoms with Gasteiger partial charge in [-0.2, -0.15) is 0 Å². The van der Waals surface area contributed by atoms with Crippen LogP contribution in [0.3, 0.4) is 0 Å². The third-order valence-electron chi connectivity index (χ3n) is 7.21. The van der Waals surface area contributed by atoms with Crippen LogP contribution in [-0.2, 0) is 19.1 Å².